The molecule has 2 aromatic carbocycles. The summed E-state index contributed by atoms with van der Waals surface area (Å²) in [5.74, 6) is 2.75. The summed E-state index contributed by atoms with van der Waals surface area (Å²) in [6.07, 6.45) is 0.952. The van der Waals surface area contributed by atoms with E-state index in [1.165, 1.54) is 0 Å². The quantitative estimate of drug-likeness (QED) is 0.666. The minimum absolute atomic E-state index is 0.211. The molecule has 28 heavy (non-hydrogen) atoms. The molecule has 0 radical (unpaired) electrons. The second kappa shape index (κ2) is 10.4. The molecule has 1 N–H and O–H groups in total. The monoisotopic (exact) mass is 387 g/mol. The van der Waals surface area contributed by atoms with Crippen molar-refractivity contribution in [1.82, 2.24) is 5.32 Å². The van der Waals surface area contributed by atoms with Crippen LogP contribution in [0.3, 0.4) is 0 Å². The second-order valence-corrected chi connectivity index (χ2v) is 6.73. The van der Waals surface area contributed by atoms with Crippen LogP contribution in [0.5, 0.6) is 23.0 Å². The first kappa shape index (κ1) is 21.4. The van der Waals surface area contributed by atoms with Crippen molar-refractivity contribution in [3.8, 4) is 23.0 Å². The summed E-state index contributed by atoms with van der Waals surface area (Å²) in [5.41, 5.74) is 1.32. The standard InChI is InChI=1S/C22H29NO5/c1-15(2)11-12-28-18-10-9-16(13-20(18)26-4)22(24)23-14-17-7-6-8-19(25-3)21(17)27-5/h6-10,13,15H,11-12,14H2,1-5H3,(H,23,24). The molecule has 1 amide bonds. The molecule has 0 saturated carbocycles. The highest BCUT2D eigenvalue weighted by atomic mass is 16.5. The van der Waals surface area contributed by atoms with Crippen LogP contribution < -0.4 is 24.3 Å². The van der Waals surface area contributed by atoms with E-state index in [2.05, 4.69) is 19.2 Å². The minimum atomic E-state index is -0.211. The largest absolute Gasteiger partial charge is 0.493 e. The predicted molar refractivity (Wildman–Crippen MR) is 109 cm³/mol. The molecule has 6 nitrogen and oxygen atoms in total. The lowest BCUT2D eigenvalue weighted by molar-refractivity contribution is 0.0950. The van der Waals surface area contributed by atoms with Gasteiger partial charge in [0.15, 0.2) is 23.0 Å². The average molecular weight is 387 g/mol. The van der Waals surface area contributed by atoms with Crippen molar-refractivity contribution in [1.29, 1.82) is 0 Å². The zero-order valence-corrected chi connectivity index (χ0v) is 17.2. The third-order valence-corrected chi connectivity index (χ3v) is 4.30. The van der Waals surface area contributed by atoms with Gasteiger partial charge in [0.2, 0.25) is 0 Å². The van der Waals surface area contributed by atoms with Gasteiger partial charge < -0.3 is 24.3 Å². The van der Waals surface area contributed by atoms with Crippen LogP contribution in [0.15, 0.2) is 36.4 Å². The molecule has 0 saturated heterocycles. The summed E-state index contributed by atoms with van der Waals surface area (Å²) in [6.45, 7) is 5.21. The Hall–Kier alpha value is -2.89. The lowest BCUT2D eigenvalue weighted by Crippen LogP contribution is -2.23. The lowest BCUT2D eigenvalue weighted by atomic mass is 10.1. The van der Waals surface area contributed by atoms with E-state index in [0.717, 1.165) is 12.0 Å². The molecule has 0 aromatic heterocycles. The highest BCUT2D eigenvalue weighted by molar-refractivity contribution is 5.94. The van der Waals surface area contributed by atoms with E-state index in [1.54, 1.807) is 39.5 Å². The molecular weight excluding hydrogens is 358 g/mol. The van der Waals surface area contributed by atoms with Gasteiger partial charge in [-0.2, -0.15) is 0 Å². The van der Waals surface area contributed by atoms with Gasteiger partial charge in [-0.3, -0.25) is 4.79 Å². The topological polar surface area (TPSA) is 66.0 Å². The van der Waals surface area contributed by atoms with Gasteiger partial charge in [-0.05, 0) is 36.6 Å². The molecule has 6 heteroatoms. The van der Waals surface area contributed by atoms with Gasteiger partial charge in [0.1, 0.15) is 0 Å². The van der Waals surface area contributed by atoms with Crippen molar-refractivity contribution in [2.24, 2.45) is 5.92 Å². The smallest absolute Gasteiger partial charge is 0.251 e. The molecule has 0 atom stereocenters. The van der Waals surface area contributed by atoms with Crippen LogP contribution in [0.25, 0.3) is 0 Å². The summed E-state index contributed by atoms with van der Waals surface area (Å²) >= 11 is 0. The van der Waals surface area contributed by atoms with Gasteiger partial charge >= 0.3 is 0 Å². The van der Waals surface area contributed by atoms with Crippen molar-refractivity contribution in [3.63, 3.8) is 0 Å². The van der Waals surface area contributed by atoms with E-state index in [9.17, 15) is 4.79 Å². The van der Waals surface area contributed by atoms with E-state index in [-0.39, 0.29) is 5.91 Å². The van der Waals surface area contributed by atoms with Crippen molar-refractivity contribution in [3.05, 3.63) is 47.5 Å². The maximum absolute atomic E-state index is 12.6. The van der Waals surface area contributed by atoms with E-state index in [1.807, 2.05) is 18.2 Å². The summed E-state index contributed by atoms with van der Waals surface area (Å²) in [6, 6.07) is 10.7. The summed E-state index contributed by atoms with van der Waals surface area (Å²) in [7, 11) is 4.72. The third-order valence-electron chi connectivity index (χ3n) is 4.30. The number of hydrogen-bond acceptors (Lipinski definition) is 5. The van der Waals surface area contributed by atoms with Crippen LogP contribution in [0.2, 0.25) is 0 Å². The number of nitrogens with one attached hydrogen (secondary N) is 1. The first-order valence-corrected chi connectivity index (χ1v) is 9.29. The molecule has 2 rings (SSSR count). The molecule has 0 spiro atoms. The van der Waals surface area contributed by atoms with E-state index < -0.39 is 0 Å². The molecule has 0 bridgehead atoms. The highest BCUT2D eigenvalue weighted by Gasteiger charge is 2.14. The van der Waals surface area contributed by atoms with Gasteiger partial charge in [-0.1, -0.05) is 26.0 Å². The number of benzene rings is 2. The number of ether oxygens (including phenoxy) is 4. The van der Waals surface area contributed by atoms with Crippen LogP contribution in [-0.4, -0.2) is 33.8 Å². The first-order valence-electron chi connectivity index (χ1n) is 9.29. The molecule has 0 aliphatic rings. The van der Waals surface area contributed by atoms with Crippen LogP contribution in [0.1, 0.15) is 36.2 Å². The zero-order valence-electron chi connectivity index (χ0n) is 17.2. The van der Waals surface area contributed by atoms with E-state index in [0.29, 0.717) is 47.6 Å². The first-order chi connectivity index (χ1) is 13.5. The van der Waals surface area contributed by atoms with Gasteiger partial charge in [0.05, 0.1) is 27.9 Å². The summed E-state index contributed by atoms with van der Waals surface area (Å²) in [4.78, 5) is 12.6. The number of carbonyl (C=O) groups excluding carboxylic acids is 1. The van der Waals surface area contributed by atoms with E-state index >= 15 is 0 Å². The molecule has 0 aliphatic carbocycles. The Morgan fingerprint density at radius 1 is 0.964 bits per heavy atom. The molecular formula is C22H29NO5. The maximum Gasteiger partial charge on any atom is 0.251 e. The fraction of sp³-hybridized carbons (Fsp3) is 0.409. The molecule has 152 valence electrons. The van der Waals surface area contributed by atoms with Crippen LogP contribution in [0, 0.1) is 5.92 Å². The van der Waals surface area contributed by atoms with E-state index in [4.69, 9.17) is 18.9 Å². The van der Waals surface area contributed by atoms with Crippen LogP contribution >= 0.6 is 0 Å². The molecule has 0 heterocycles. The Kier molecular flexibility index (Phi) is 7.99. The van der Waals surface area contributed by atoms with Crippen molar-refractivity contribution >= 4 is 5.91 Å². The van der Waals surface area contributed by atoms with Gasteiger partial charge in [0.25, 0.3) is 5.91 Å². The van der Waals surface area contributed by atoms with Gasteiger partial charge in [0, 0.05) is 17.7 Å². The Balaban J connectivity index is 2.06. The number of rotatable bonds is 10. The number of para-hydroxylation sites is 1. The normalized spacial score (nSPS) is 10.5. The average Bonchev–Trinajstić information content (AvgIpc) is 2.71. The Morgan fingerprint density at radius 3 is 2.36 bits per heavy atom. The summed E-state index contributed by atoms with van der Waals surface area (Å²) < 4.78 is 21.8. The van der Waals surface area contributed by atoms with Crippen molar-refractivity contribution in [2.45, 2.75) is 26.8 Å². The lowest BCUT2D eigenvalue weighted by Gasteiger charge is -2.14. The molecule has 0 unspecified atom stereocenters. The van der Waals surface area contributed by atoms with Crippen molar-refractivity contribution < 1.29 is 23.7 Å². The number of methoxy groups -OCH3 is 3. The fourth-order valence-corrected chi connectivity index (χ4v) is 2.70. The zero-order chi connectivity index (χ0) is 20.5. The third kappa shape index (κ3) is 5.55. The van der Waals surface area contributed by atoms with Crippen LogP contribution in [-0.2, 0) is 6.54 Å². The molecule has 0 fully saturated rings. The number of hydrogen-bond donors (Lipinski definition) is 1. The minimum Gasteiger partial charge on any atom is -0.493 e. The predicted octanol–water partition coefficient (Wildman–Crippen LogP) is 4.07. The maximum atomic E-state index is 12.6. The number of carbonyl (C=O) groups is 1. The van der Waals surface area contributed by atoms with Crippen LogP contribution in [0.4, 0.5) is 0 Å². The summed E-state index contributed by atoms with van der Waals surface area (Å²) in [5, 5.41) is 2.90. The highest BCUT2D eigenvalue weighted by Crippen LogP contribution is 2.31. The van der Waals surface area contributed by atoms with Crippen molar-refractivity contribution in [2.75, 3.05) is 27.9 Å². The van der Waals surface area contributed by atoms with Gasteiger partial charge in [-0.25, -0.2) is 0 Å². The molecule has 0 aliphatic heterocycles. The SMILES string of the molecule is COc1cc(C(=O)NCc2cccc(OC)c2OC)ccc1OCCC(C)C. The Labute approximate surface area is 166 Å². The Bertz CT molecular complexity index is 788. The van der Waals surface area contributed by atoms with Gasteiger partial charge in [-0.15, -0.1) is 0 Å². The fourth-order valence-electron chi connectivity index (χ4n) is 2.70. The molecule has 2 aromatic rings. The second-order valence-electron chi connectivity index (χ2n) is 6.73. The number of amides is 1. The Morgan fingerprint density at radius 2 is 1.71 bits per heavy atom.